The van der Waals surface area contributed by atoms with Gasteiger partial charge >= 0.3 is 23.9 Å². The van der Waals surface area contributed by atoms with Crippen LogP contribution in [0.15, 0.2) is 21.2 Å². The summed E-state index contributed by atoms with van der Waals surface area (Å²) in [5, 5.41) is 9.14. The van der Waals surface area contributed by atoms with Gasteiger partial charge in [-0.1, -0.05) is 0 Å². The van der Waals surface area contributed by atoms with Gasteiger partial charge < -0.3 is 47.7 Å². The zero-order chi connectivity index (χ0) is 35.5. The zero-order valence-corrected chi connectivity index (χ0v) is 30.0. The number of esters is 4. The van der Waals surface area contributed by atoms with E-state index in [0.29, 0.717) is 38.8 Å². The summed E-state index contributed by atoms with van der Waals surface area (Å²) in [5.41, 5.74) is 0.395. The Morgan fingerprint density at radius 3 is 1.98 bits per heavy atom. The highest BCUT2D eigenvalue weighted by molar-refractivity contribution is 9.11. The number of benzene rings is 1. The summed E-state index contributed by atoms with van der Waals surface area (Å²) >= 11 is 7.04. The minimum atomic E-state index is -1.54. The zero-order valence-electron chi connectivity index (χ0n) is 26.9. The molecule has 0 unspecified atom stereocenters. The molecular formula is C30H37Br2NO15. The fourth-order valence-corrected chi connectivity index (χ4v) is 6.27. The molecule has 18 heteroatoms. The third kappa shape index (κ3) is 10.6. The van der Waals surface area contributed by atoms with E-state index in [9.17, 15) is 24.0 Å². The number of aliphatic hydroxyl groups excluding tert-OH is 1. The van der Waals surface area contributed by atoms with Crippen molar-refractivity contribution < 1.29 is 71.7 Å². The van der Waals surface area contributed by atoms with E-state index in [1.807, 2.05) is 0 Å². The Kier molecular flexibility index (Phi) is 15.1. The number of aromatic nitrogens is 1. The highest BCUT2D eigenvalue weighted by Crippen LogP contribution is 2.45. The van der Waals surface area contributed by atoms with E-state index in [2.05, 4.69) is 31.9 Å². The summed E-state index contributed by atoms with van der Waals surface area (Å²) in [6.07, 6.45) is -5.73. The van der Waals surface area contributed by atoms with Crippen LogP contribution in [0.5, 0.6) is 11.5 Å². The smallest absolute Gasteiger partial charge is 0.303 e. The lowest BCUT2D eigenvalue weighted by molar-refractivity contribution is -0.288. The van der Waals surface area contributed by atoms with Crippen molar-refractivity contribution in [3.05, 3.63) is 21.2 Å². The van der Waals surface area contributed by atoms with Crippen LogP contribution in [0.25, 0.3) is 10.9 Å². The van der Waals surface area contributed by atoms with Gasteiger partial charge in [0, 0.05) is 34.6 Å². The van der Waals surface area contributed by atoms with Crippen molar-refractivity contribution in [2.24, 2.45) is 0 Å². The molecule has 5 atom stereocenters. The maximum Gasteiger partial charge on any atom is 0.303 e. The number of carbonyl (C=O) groups is 5. The van der Waals surface area contributed by atoms with Crippen molar-refractivity contribution in [3.8, 4) is 11.5 Å². The first kappa shape index (κ1) is 39.2. The second-order valence-electron chi connectivity index (χ2n) is 10.3. The highest BCUT2D eigenvalue weighted by Gasteiger charge is 2.53. The molecule has 2 aromatic rings. The molecule has 1 aliphatic rings. The average Bonchev–Trinajstić information content (AvgIpc) is 3.35. The number of aliphatic hydroxyl groups is 1. The van der Waals surface area contributed by atoms with Gasteiger partial charge in [-0.15, -0.1) is 0 Å². The Hall–Kier alpha value is -3.29. The summed E-state index contributed by atoms with van der Waals surface area (Å²) in [5.74, 6) is -3.02. The van der Waals surface area contributed by atoms with E-state index in [-0.39, 0.29) is 38.1 Å². The maximum atomic E-state index is 12.7. The Balaban J connectivity index is 2.03. The van der Waals surface area contributed by atoms with Crippen LogP contribution in [0.4, 0.5) is 0 Å². The van der Waals surface area contributed by atoms with Crippen LogP contribution in [-0.2, 0) is 52.3 Å². The normalized spacial score (nSPS) is 20.5. The Labute approximate surface area is 292 Å². The molecule has 48 heavy (non-hydrogen) atoms. The van der Waals surface area contributed by atoms with Crippen LogP contribution in [0.1, 0.15) is 39.4 Å². The van der Waals surface area contributed by atoms with Gasteiger partial charge in [0.25, 0.3) is 0 Å². The summed E-state index contributed by atoms with van der Waals surface area (Å²) in [7, 11) is 0. The molecular weight excluding hydrogens is 774 g/mol. The SMILES string of the molecule is CC(=O)OC[C@H]1O[C@@H](Oc2cn(C(C)=O)c3cc(Br)c(OCCOCCOCCO)c(Br)c23)[C@H](OC(C)=O)[C@@H](OC(C)=O)[C@@H]1OC(C)=O. The molecule has 16 nitrogen and oxygen atoms in total. The van der Waals surface area contributed by atoms with Crippen LogP contribution in [0, 0.1) is 0 Å². The molecule has 0 amide bonds. The first-order valence-electron chi connectivity index (χ1n) is 14.6. The Morgan fingerprint density at radius 2 is 1.40 bits per heavy atom. The number of hydrogen-bond acceptors (Lipinski definition) is 15. The van der Waals surface area contributed by atoms with E-state index in [1.54, 1.807) is 6.07 Å². The van der Waals surface area contributed by atoms with Crippen molar-refractivity contribution in [1.82, 2.24) is 4.57 Å². The minimum absolute atomic E-state index is 0.0580. The summed E-state index contributed by atoms with van der Waals surface area (Å²) in [6.45, 7) is 6.45. The lowest BCUT2D eigenvalue weighted by Gasteiger charge is -2.43. The summed E-state index contributed by atoms with van der Waals surface area (Å²) in [6, 6.07) is 1.64. The number of halogens is 2. The minimum Gasteiger partial charge on any atom is -0.489 e. The third-order valence-electron chi connectivity index (χ3n) is 6.52. The van der Waals surface area contributed by atoms with E-state index in [4.69, 9.17) is 47.7 Å². The number of carbonyl (C=O) groups excluding carboxylic acids is 5. The van der Waals surface area contributed by atoms with Crippen molar-refractivity contribution in [2.75, 3.05) is 46.2 Å². The predicted octanol–water partition coefficient (Wildman–Crippen LogP) is 2.69. The van der Waals surface area contributed by atoms with E-state index >= 15 is 0 Å². The van der Waals surface area contributed by atoms with E-state index in [0.717, 1.165) is 27.7 Å². The maximum absolute atomic E-state index is 12.7. The molecule has 1 N–H and O–H groups in total. The Morgan fingerprint density at radius 1 is 0.812 bits per heavy atom. The molecule has 0 bridgehead atoms. The number of fused-ring (bicyclic) bond motifs is 1. The molecule has 1 aliphatic heterocycles. The second kappa shape index (κ2) is 18.5. The molecule has 0 aliphatic carbocycles. The highest BCUT2D eigenvalue weighted by atomic mass is 79.9. The molecule has 3 rings (SSSR count). The van der Waals surface area contributed by atoms with Crippen LogP contribution in [0.3, 0.4) is 0 Å². The molecule has 0 saturated carbocycles. The largest absolute Gasteiger partial charge is 0.489 e. The van der Waals surface area contributed by atoms with Gasteiger partial charge in [-0.2, -0.15) is 0 Å². The summed E-state index contributed by atoms with van der Waals surface area (Å²) in [4.78, 5) is 60.9. The number of ether oxygens (including phenoxy) is 9. The van der Waals surface area contributed by atoms with Crippen molar-refractivity contribution in [2.45, 2.75) is 65.3 Å². The van der Waals surface area contributed by atoms with Gasteiger partial charge in [0.05, 0.1) is 59.1 Å². The monoisotopic (exact) mass is 809 g/mol. The molecule has 1 aromatic carbocycles. The van der Waals surface area contributed by atoms with Crippen LogP contribution < -0.4 is 9.47 Å². The van der Waals surface area contributed by atoms with Crippen molar-refractivity contribution in [3.63, 3.8) is 0 Å². The molecule has 1 saturated heterocycles. The molecule has 0 radical (unpaired) electrons. The lowest BCUT2D eigenvalue weighted by atomic mass is 9.98. The molecule has 266 valence electrons. The van der Waals surface area contributed by atoms with Crippen molar-refractivity contribution in [1.29, 1.82) is 0 Å². The topological polar surface area (TPSA) is 194 Å². The van der Waals surface area contributed by atoms with Gasteiger partial charge in [-0.3, -0.25) is 28.5 Å². The number of hydrogen-bond donors (Lipinski definition) is 1. The fourth-order valence-electron chi connectivity index (χ4n) is 4.74. The molecule has 1 aromatic heterocycles. The van der Waals surface area contributed by atoms with Gasteiger partial charge in [0.2, 0.25) is 18.3 Å². The fraction of sp³-hybridized carbons (Fsp3) is 0.567. The van der Waals surface area contributed by atoms with Crippen molar-refractivity contribution >= 4 is 72.5 Å². The lowest BCUT2D eigenvalue weighted by Crippen LogP contribution is -2.63. The second-order valence-corrected chi connectivity index (χ2v) is 11.9. The first-order valence-corrected chi connectivity index (χ1v) is 16.2. The van der Waals surface area contributed by atoms with E-state index in [1.165, 1.54) is 17.7 Å². The van der Waals surface area contributed by atoms with Crippen LogP contribution in [0.2, 0.25) is 0 Å². The third-order valence-corrected chi connectivity index (χ3v) is 7.87. The number of rotatable bonds is 16. The first-order chi connectivity index (χ1) is 22.7. The van der Waals surface area contributed by atoms with Gasteiger partial charge in [-0.25, -0.2) is 0 Å². The van der Waals surface area contributed by atoms with Gasteiger partial charge in [0.1, 0.15) is 30.8 Å². The standard InChI is InChI=1S/C30H37Br2NO15/c1-15(35)33-13-22(24-21(33)12-20(31)26(25(24)32)42-11-10-41-9-8-40-7-6-34)47-30-29(46-19(5)39)28(45-18(4)38)27(44-17(3)37)23(48-30)14-43-16(2)36/h12-13,23,27-30,34H,6-11,14H2,1-5H3/t23-,27-,28+,29-,30-/m1/s1. The van der Waals surface area contributed by atoms with Gasteiger partial charge in [-0.05, 0) is 37.9 Å². The quantitative estimate of drug-likeness (QED) is 0.148. The van der Waals surface area contributed by atoms with Crippen LogP contribution in [-0.4, -0.2) is 116 Å². The summed E-state index contributed by atoms with van der Waals surface area (Å²) < 4.78 is 52.7. The molecule has 1 fully saturated rings. The molecule has 0 spiro atoms. The Bertz CT molecular complexity index is 1480. The number of nitrogens with zero attached hydrogens (tertiary/aromatic N) is 1. The molecule has 2 heterocycles. The van der Waals surface area contributed by atoms with E-state index < -0.39 is 61.2 Å². The van der Waals surface area contributed by atoms with Gasteiger partial charge in [0.15, 0.2) is 12.2 Å². The predicted molar refractivity (Wildman–Crippen MR) is 170 cm³/mol. The average molecular weight is 811 g/mol. The van der Waals surface area contributed by atoms with Crippen LogP contribution >= 0.6 is 31.9 Å².